The molecule has 0 N–H and O–H groups in total. The quantitative estimate of drug-likeness (QED) is 0.343. The number of aryl methyl sites for hydroxylation is 1. The summed E-state index contributed by atoms with van der Waals surface area (Å²) in [7, 11) is 0. The molecule has 0 spiro atoms. The lowest BCUT2D eigenvalue weighted by molar-refractivity contribution is 0.0522. The fourth-order valence-corrected chi connectivity index (χ4v) is 3.60. The van der Waals surface area contributed by atoms with E-state index in [2.05, 4.69) is 4.98 Å². The molecule has 0 aliphatic carbocycles. The van der Waals surface area contributed by atoms with Crippen LogP contribution in [0.1, 0.15) is 34.0 Å². The van der Waals surface area contributed by atoms with Crippen LogP contribution in [0.4, 0.5) is 0 Å². The number of carbonyl (C=O) groups excluding carboxylic acids is 1. The monoisotopic (exact) mass is 394 g/mol. The summed E-state index contributed by atoms with van der Waals surface area (Å²) in [5, 5.41) is 0.572. The van der Waals surface area contributed by atoms with Crippen molar-refractivity contribution in [2.75, 3.05) is 6.61 Å². The van der Waals surface area contributed by atoms with Crippen LogP contribution in [-0.2, 0) is 17.0 Å². The highest BCUT2D eigenvalue weighted by Crippen LogP contribution is 2.21. The Morgan fingerprint density at radius 2 is 1.79 bits per heavy atom. The topological polar surface area (TPSA) is 61.2 Å². The van der Waals surface area contributed by atoms with Crippen LogP contribution >= 0.6 is 11.8 Å². The third-order valence-electron chi connectivity index (χ3n) is 4.18. The molecule has 0 fully saturated rings. The van der Waals surface area contributed by atoms with Crippen LogP contribution in [0, 0.1) is 6.92 Å². The van der Waals surface area contributed by atoms with E-state index in [-0.39, 0.29) is 17.7 Å². The van der Waals surface area contributed by atoms with Crippen molar-refractivity contribution in [3.63, 3.8) is 0 Å². The van der Waals surface area contributed by atoms with Gasteiger partial charge in [-0.25, -0.2) is 9.78 Å². The number of aromatic nitrogens is 2. The molecule has 6 heteroatoms. The lowest BCUT2D eigenvalue weighted by atomic mass is 10.1. The number of benzene rings is 2. The summed E-state index contributed by atoms with van der Waals surface area (Å²) >= 11 is 1.47. The molecule has 0 saturated heterocycles. The first-order chi connectivity index (χ1) is 13.6. The molecule has 0 atom stereocenters. The van der Waals surface area contributed by atoms with Crippen molar-refractivity contribution < 1.29 is 9.53 Å². The maximum atomic E-state index is 13.0. The molecule has 2 aromatic carbocycles. The third-order valence-corrected chi connectivity index (χ3v) is 5.24. The molecule has 1 heterocycles. The second kappa shape index (κ2) is 9.37. The number of hydrogen-bond acceptors (Lipinski definition) is 5. The molecule has 0 aliphatic heterocycles. The average Bonchev–Trinajstić information content (AvgIpc) is 2.71. The van der Waals surface area contributed by atoms with E-state index < -0.39 is 5.97 Å². The Morgan fingerprint density at radius 3 is 2.46 bits per heavy atom. The number of esters is 1. The van der Waals surface area contributed by atoms with E-state index in [9.17, 15) is 9.59 Å². The first-order valence-electron chi connectivity index (χ1n) is 9.07. The molecule has 144 valence electrons. The molecule has 3 aromatic rings. The van der Waals surface area contributed by atoms with Crippen LogP contribution in [0.25, 0.3) is 0 Å². The van der Waals surface area contributed by atoms with Crippen LogP contribution in [0.3, 0.4) is 0 Å². The molecular weight excluding hydrogens is 372 g/mol. The first-order valence-corrected chi connectivity index (χ1v) is 10.1. The summed E-state index contributed by atoms with van der Waals surface area (Å²) in [6.07, 6.45) is 1.32. The van der Waals surface area contributed by atoms with Gasteiger partial charge in [0, 0.05) is 5.75 Å². The molecule has 0 radical (unpaired) electrons. The summed E-state index contributed by atoms with van der Waals surface area (Å²) < 4.78 is 6.55. The molecule has 0 amide bonds. The van der Waals surface area contributed by atoms with Crippen molar-refractivity contribution in [3.05, 3.63) is 93.4 Å². The van der Waals surface area contributed by atoms with Gasteiger partial charge in [0.1, 0.15) is 5.56 Å². The molecular formula is C22H22N2O3S. The van der Waals surface area contributed by atoms with Crippen molar-refractivity contribution >= 4 is 17.7 Å². The highest BCUT2D eigenvalue weighted by atomic mass is 32.2. The number of thioether (sulfide) groups is 1. The zero-order valence-corrected chi connectivity index (χ0v) is 16.7. The smallest absolute Gasteiger partial charge is 0.345 e. The van der Waals surface area contributed by atoms with Crippen LogP contribution < -0.4 is 5.56 Å². The minimum Gasteiger partial charge on any atom is -0.462 e. The number of carbonyl (C=O) groups is 1. The predicted molar refractivity (Wildman–Crippen MR) is 111 cm³/mol. The van der Waals surface area contributed by atoms with E-state index in [1.807, 2.05) is 61.5 Å². The molecule has 28 heavy (non-hydrogen) atoms. The van der Waals surface area contributed by atoms with Crippen molar-refractivity contribution in [2.45, 2.75) is 31.3 Å². The summed E-state index contributed by atoms with van der Waals surface area (Å²) in [5.74, 6) is 0.0391. The zero-order chi connectivity index (χ0) is 19.9. The molecule has 5 nitrogen and oxygen atoms in total. The normalized spacial score (nSPS) is 10.6. The number of hydrogen-bond donors (Lipinski definition) is 0. The van der Waals surface area contributed by atoms with E-state index in [0.29, 0.717) is 17.5 Å². The Balaban J connectivity index is 1.95. The fraction of sp³-hybridized carbons (Fsp3) is 0.227. The van der Waals surface area contributed by atoms with Gasteiger partial charge in [0.05, 0.1) is 19.3 Å². The van der Waals surface area contributed by atoms with E-state index in [1.54, 1.807) is 11.5 Å². The Morgan fingerprint density at radius 1 is 1.07 bits per heavy atom. The van der Waals surface area contributed by atoms with Crippen LogP contribution in [0.5, 0.6) is 0 Å². The molecule has 1 aromatic heterocycles. The van der Waals surface area contributed by atoms with E-state index in [0.717, 1.165) is 16.7 Å². The van der Waals surface area contributed by atoms with E-state index in [4.69, 9.17) is 4.74 Å². The minimum absolute atomic E-state index is 0.0435. The van der Waals surface area contributed by atoms with Gasteiger partial charge in [-0.1, -0.05) is 71.9 Å². The maximum absolute atomic E-state index is 13.0. The Labute approximate surface area is 168 Å². The number of rotatable bonds is 7. The highest BCUT2D eigenvalue weighted by Gasteiger charge is 2.18. The van der Waals surface area contributed by atoms with Crippen molar-refractivity contribution in [2.24, 2.45) is 0 Å². The second-order valence-corrected chi connectivity index (χ2v) is 7.27. The van der Waals surface area contributed by atoms with Crippen LogP contribution in [-0.4, -0.2) is 22.1 Å². The fourth-order valence-electron chi connectivity index (χ4n) is 2.68. The average molecular weight is 394 g/mol. The SMILES string of the molecule is CCOC(=O)c1cnc(SCc2ccccc2)n(Cc2ccc(C)cc2)c1=O. The van der Waals surface area contributed by atoms with Crippen LogP contribution in [0.15, 0.2) is 70.7 Å². The molecule has 0 bridgehead atoms. The second-order valence-electron chi connectivity index (χ2n) is 6.33. The van der Waals surface area contributed by atoms with E-state index >= 15 is 0 Å². The summed E-state index contributed by atoms with van der Waals surface area (Å²) in [4.78, 5) is 29.5. The van der Waals surface area contributed by atoms with E-state index in [1.165, 1.54) is 18.0 Å². The summed E-state index contributed by atoms with van der Waals surface area (Å²) in [6.45, 7) is 4.28. The Bertz CT molecular complexity index is 999. The van der Waals surface area contributed by atoms with Crippen LogP contribution in [0.2, 0.25) is 0 Å². The maximum Gasteiger partial charge on any atom is 0.345 e. The lowest BCUT2D eigenvalue weighted by Crippen LogP contribution is -2.30. The molecule has 3 rings (SSSR count). The van der Waals surface area contributed by atoms with Gasteiger partial charge in [-0.2, -0.15) is 0 Å². The highest BCUT2D eigenvalue weighted by molar-refractivity contribution is 7.98. The summed E-state index contributed by atoms with van der Waals surface area (Å²) in [6, 6.07) is 17.9. The number of ether oxygens (including phenoxy) is 1. The van der Waals surface area contributed by atoms with Gasteiger partial charge in [-0.05, 0) is 25.0 Å². The first kappa shape index (κ1) is 19.9. The minimum atomic E-state index is -0.641. The van der Waals surface area contributed by atoms with Crippen molar-refractivity contribution in [3.8, 4) is 0 Å². The van der Waals surface area contributed by atoms with Crippen molar-refractivity contribution in [1.29, 1.82) is 0 Å². The molecule has 0 unspecified atom stereocenters. The number of nitrogens with zero attached hydrogens (tertiary/aromatic N) is 2. The van der Waals surface area contributed by atoms with Gasteiger partial charge in [-0.3, -0.25) is 9.36 Å². The summed E-state index contributed by atoms with van der Waals surface area (Å²) in [5.41, 5.74) is 2.82. The lowest BCUT2D eigenvalue weighted by Gasteiger charge is -2.13. The zero-order valence-electron chi connectivity index (χ0n) is 15.9. The molecule has 0 aliphatic rings. The Kier molecular flexibility index (Phi) is 6.66. The standard InChI is InChI=1S/C22H22N2O3S/c1-3-27-21(26)19-13-23-22(28-15-18-7-5-4-6-8-18)24(20(19)25)14-17-11-9-16(2)10-12-17/h4-13H,3,14-15H2,1-2H3. The molecule has 0 saturated carbocycles. The van der Waals surface area contributed by atoms with Gasteiger partial charge < -0.3 is 4.74 Å². The van der Waals surface area contributed by atoms with Gasteiger partial charge in [-0.15, -0.1) is 0 Å². The van der Waals surface area contributed by atoms with Gasteiger partial charge >= 0.3 is 5.97 Å². The predicted octanol–water partition coefficient (Wildman–Crippen LogP) is 4.07. The third kappa shape index (κ3) is 4.89. The largest absolute Gasteiger partial charge is 0.462 e. The van der Waals surface area contributed by atoms with Gasteiger partial charge in [0.25, 0.3) is 5.56 Å². The van der Waals surface area contributed by atoms with Crippen molar-refractivity contribution in [1.82, 2.24) is 9.55 Å². The van der Waals surface area contributed by atoms with Gasteiger partial charge in [0.2, 0.25) is 0 Å². The van der Waals surface area contributed by atoms with Gasteiger partial charge in [0.15, 0.2) is 5.16 Å². The Hall–Kier alpha value is -2.86.